The molecule has 0 aromatic heterocycles. The molecule has 12 heavy (non-hydrogen) atoms. The van der Waals surface area contributed by atoms with E-state index in [1.54, 1.807) is 6.07 Å². The summed E-state index contributed by atoms with van der Waals surface area (Å²) in [7, 11) is 0. The average Bonchev–Trinajstić information content (AvgIpc) is 2.07. The summed E-state index contributed by atoms with van der Waals surface area (Å²) >= 11 is 0.433. The molecule has 64 valence electrons. The third kappa shape index (κ3) is 1.40. The zero-order chi connectivity index (χ0) is 8.55. The van der Waals surface area contributed by atoms with Crippen molar-refractivity contribution in [1.29, 1.82) is 0 Å². The van der Waals surface area contributed by atoms with E-state index in [1.165, 1.54) is 12.1 Å². The number of benzene rings is 1. The van der Waals surface area contributed by atoms with Gasteiger partial charge in [0.15, 0.2) is 0 Å². The van der Waals surface area contributed by atoms with Crippen molar-refractivity contribution in [3.63, 3.8) is 0 Å². The molecule has 2 rings (SSSR count). The maximum absolute atomic E-state index is 12.8. The molecule has 0 saturated heterocycles. The van der Waals surface area contributed by atoms with Gasteiger partial charge in [-0.2, -0.15) is 0 Å². The van der Waals surface area contributed by atoms with Gasteiger partial charge in [-0.05, 0) is 0 Å². The molecule has 0 radical (unpaired) electrons. The van der Waals surface area contributed by atoms with Crippen molar-refractivity contribution in [2.24, 2.45) is 0 Å². The molecular weight excluding hydrogens is 222 g/mol. The molecule has 1 aromatic carbocycles. The van der Waals surface area contributed by atoms with Crippen LogP contribution in [-0.2, 0) is 0 Å². The number of hydrogen-bond acceptors (Lipinski definition) is 1. The van der Waals surface area contributed by atoms with E-state index in [0.717, 1.165) is 21.8 Å². The quantitative estimate of drug-likeness (QED) is 0.661. The predicted molar refractivity (Wildman–Crippen MR) is 46.2 cm³/mol. The monoisotopic (exact) mass is 232 g/mol. The van der Waals surface area contributed by atoms with Crippen LogP contribution in [0, 0.1) is 5.82 Å². The molecule has 0 bridgehead atoms. The third-order valence-corrected chi connectivity index (χ3v) is 4.34. The molecule has 1 aliphatic rings. The van der Waals surface area contributed by atoms with Crippen LogP contribution in [0.25, 0.3) is 0 Å². The molecule has 1 nitrogen and oxygen atoms in total. The Balaban J connectivity index is 2.47. The first-order valence-electron chi connectivity index (χ1n) is 3.87. The van der Waals surface area contributed by atoms with Gasteiger partial charge in [0.1, 0.15) is 0 Å². The van der Waals surface area contributed by atoms with E-state index in [4.69, 9.17) is 0 Å². The second-order valence-electron chi connectivity index (χ2n) is 2.84. The molecule has 0 amide bonds. The summed E-state index contributed by atoms with van der Waals surface area (Å²) in [5.74, 6) is -0.245. The molecule has 1 aliphatic heterocycles. The van der Waals surface area contributed by atoms with Crippen LogP contribution in [0.4, 0.5) is 4.39 Å². The number of aliphatic hydroxyl groups excluding tert-OH is 1. The third-order valence-electron chi connectivity index (χ3n) is 1.98. The zero-order valence-electron chi connectivity index (χ0n) is 6.46. The van der Waals surface area contributed by atoms with Crippen LogP contribution < -0.4 is 4.46 Å². The molecule has 0 aliphatic carbocycles. The van der Waals surface area contributed by atoms with E-state index in [1.807, 2.05) is 0 Å². The number of fused-ring (bicyclic) bond motifs is 1. The number of aliphatic hydroxyl groups is 1. The fourth-order valence-corrected chi connectivity index (χ4v) is 3.63. The molecule has 1 heterocycles. The van der Waals surface area contributed by atoms with Crippen LogP contribution in [-0.4, -0.2) is 20.1 Å². The topological polar surface area (TPSA) is 20.2 Å². The standard InChI is InChI=1S/C9H9FOSe/c10-6-1-2-9-7(5-6)8(11)3-4-12-9/h1-2,5,8,11H,3-4H2. The van der Waals surface area contributed by atoms with Crippen molar-refractivity contribution in [3.8, 4) is 0 Å². The fraction of sp³-hybridized carbons (Fsp3) is 0.333. The summed E-state index contributed by atoms with van der Waals surface area (Å²) < 4.78 is 13.9. The molecule has 0 saturated carbocycles. The number of rotatable bonds is 0. The first-order chi connectivity index (χ1) is 5.77. The fourth-order valence-electron chi connectivity index (χ4n) is 1.35. The van der Waals surface area contributed by atoms with Crippen LogP contribution >= 0.6 is 0 Å². The Hall–Kier alpha value is -0.371. The van der Waals surface area contributed by atoms with Gasteiger partial charge >= 0.3 is 76.3 Å². The zero-order valence-corrected chi connectivity index (χ0v) is 8.17. The van der Waals surface area contributed by atoms with E-state index in [-0.39, 0.29) is 5.82 Å². The van der Waals surface area contributed by atoms with Crippen LogP contribution in [0.15, 0.2) is 18.2 Å². The van der Waals surface area contributed by atoms with Crippen molar-refractivity contribution in [3.05, 3.63) is 29.6 Å². The van der Waals surface area contributed by atoms with Gasteiger partial charge in [0.2, 0.25) is 0 Å². The second kappa shape index (κ2) is 3.17. The van der Waals surface area contributed by atoms with E-state index in [9.17, 15) is 9.50 Å². The summed E-state index contributed by atoms with van der Waals surface area (Å²) in [6.45, 7) is 0. The predicted octanol–water partition coefficient (Wildman–Crippen LogP) is 1.01. The Morgan fingerprint density at radius 3 is 3.17 bits per heavy atom. The average molecular weight is 231 g/mol. The van der Waals surface area contributed by atoms with Crippen LogP contribution in [0.2, 0.25) is 5.32 Å². The van der Waals surface area contributed by atoms with Crippen LogP contribution in [0.3, 0.4) is 0 Å². The van der Waals surface area contributed by atoms with Gasteiger partial charge in [0.25, 0.3) is 0 Å². The minimum atomic E-state index is -0.439. The van der Waals surface area contributed by atoms with Crippen molar-refractivity contribution in [2.45, 2.75) is 17.8 Å². The van der Waals surface area contributed by atoms with Crippen LogP contribution in [0.5, 0.6) is 0 Å². The maximum atomic E-state index is 12.8. The Kier molecular flexibility index (Phi) is 2.18. The summed E-state index contributed by atoms with van der Waals surface area (Å²) in [5, 5.41) is 10.6. The molecule has 0 fully saturated rings. The summed E-state index contributed by atoms with van der Waals surface area (Å²) in [6, 6.07) is 4.73. The van der Waals surface area contributed by atoms with Gasteiger partial charge in [0.05, 0.1) is 0 Å². The van der Waals surface area contributed by atoms with E-state index >= 15 is 0 Å². The van der Waals surface area contributed by atoms with E-state index in [0.29, 0.717) is 15.0 Å². The minimum absolute atomic E-state index is 0.245. The summed E-state index contributed by atoms with van der Waals surface area (Å²) in [4.78, 5) is 0. The molecule has 1 N–H and O–H groups in total. The van der Waals surface area contributed by atoms with Crippen molar-refractivity contribution < 1.29 is 9.50 Å². The van der Waals surface area contributed by atoms with E-state index < -0.39 is 6.10 Å². The van der Waals surface area contributed by atoms with Gasteiger partial charge in [-0.1, -0.05) is 0 Å². The Morgan fingerprint density at radius 1 is 1.50 bits per heavy atom. The SMILES string of the molecule is OC1CC[Se]c2ccc(F)cc21. The van der Waals surface area contributed by atoms with E-state index in [2.05, 4.69) is 0 Å². The Bertz CT molecular complexity index is 301. The van der Waals surface area contributed by atoms with Gasteiger partial charge < -0.3 is 0 Å². The van der Waals surface area contributed by atoms with Gasteiger partial charge in [-0.3, -0.25) is 0 Å². The first-order valence-corrected chi connectivity index (χ1v) is 5.94. The van der Waals surface area contributed by atoms with Crippen molar-refractivity contribution in [2.75, 3.05) is 0 Å². The Morgan fingerprint density at radius 2 is 2.33 bits per heavy atom. The molecule has 0 spiro atoms. The molecule has 1 aromatic rings. The van der Waals surface area contributed by atoms with Crippen molar-refractivity contribution >= 4 is 19.4 Å². The normalized spacial score (nSPS) is 22.0. The molecule has 3 heteroatoms. The second-order valence-corrected chi connectivity index (χ2v) is 5.22. The number of hydrogen-bond donors (Lipinski definition) is 1. The summed E-state index contributed by atoms with van der Waals surface area (Å²) in [5.41, 5.74) is 0.807. The van der Waals surface area contributed by atoms with Gasteiger partial charge in [-0.25, -0.2) is 0 Å². The first kappa shape index (κ1) is 8.24. The van der Waals surface area contributed by atoms with Gasteiger partial charge in [-0.15, -0.1) is 0 Å². The number of halogens is 1. The molecular formula is C9H9FOSe. The summed E-state index contributed by atoms with van der Waals surface area (Å²) in [6.07, 6.45) is 0.350. The van der Waals surface area contributed by atoms with Crippen LogP contribution in [0.1, 0.15) is 18.1 Å². The van der Waals surface area contributed by atoms with Crippen molar-refractivity contribution in [1.82, 2.24) is 0 Å². The molecule has 1 atom stereocenters. The van der Waals surface area contributed by atoms with Gasteiger partial charge in [0, 0.05) is 0 Å². The molecule has 1 unspecified atom stereocenters. The Labute approximate surface area is 76.8 Å².